The van der Waals surface area contributed by atoms with E-state index in [0.29, 0.717) is 12.1 Å². The highest BCUT2D eigenvalue weighted by Gasteiger charge is 2.35. The van der Waals surface area contributed by atoms with Crippen molar-refractivity contribution >= 4 is 40.6 Å². The van der Waals surface area contributed by atoms with Crippen LogP contribution in [0.4, 0.5) is 11.4 Å². The highest BCUT2D eigenvalue weighted by Crippen LogP contribution is 2.31. The summed E-state index contributed by atoms with van der Waals surface area (Å²) in [6, 6.07) is 4.77. The summed E-state index contributed by atoms with van der Waals surface area (Å²) < 4.78 is 3.94. The van der Waals surface area contributed by atoms with Crippen molar-refractivity contribution in [2.75, 3.05) is 10.6 Å². The number of nitrogens with two attached hydrogens (primary N) is 2. The number of nitrogens with one attached hydrogen (secondary N) is 1. The summed E-state index contributed by atoms with van der Waals surface area (Å²) in [4.78, 5) is 39.8. The van der Waals surface area contributed by atoms with Crippen molar-refractivity contribution in [3.8, 4) is 0 Å². The number of carbonyl (C=O) groups excluding carboxylic acids is 3. The number of carbonyl (C=O) groups is 3. The average molecular weight is 432 g/mol. The van der Waals surface area contributed by atoms with Crippen LogP contribution in [0.1, 0.15) is 65.4 Å². The summed E-state index contributed by atoms with van der Waals surface area (Å²) in [5.74, 6) is -1.59. The molecular weight excluding hydrogens is 402 g/mol. The lowest BCUT2D eigenvalue weighted by Crippen LogP contribution is -2.54. The fourth-order valence-electron chi connectivity index (χ4n) is 3.09. The Bertz CT molecular complexity index is 978. The second kappa shape index (κ2) is 8.83. The molecule has 3 amide bonds. The maximum atomic E-state index is 13.6. The molecule has 0 radical (unpaired) electrons. The third-order valence-corrected chi connectivity index (χ3v) is 5.56. The minimum atomic E-state index is -0.807. The van der Waals surface area contributed by atoms with E-state index >= 15 is 0 Å². The van der Waals surface area contributed by atoms with Crippen LogP contribution < -0.4 is 21.7 Å². The van der Waals surface area contributed by atoms with Crippen molar-refractivity contribution in [2.24, 2.45) is 5.73 Å². The maximum Gasteiger partial charge on any atom is 0.272 e. The van der Waals surface area contributed by atoms with Crippen LogP contribution in [0, 0.1) is 13.8 Å². The van der Waals surface area contributed by atoms with Gasteiger partial charge in [-0.05, 0) is 69.8 Å². The predicted octanol–water partition coefficient (Wildman–Crippen LogP) is 2.78. The van der Waals surface area contributed by atoms with Gasteiger partial charge in [0.25, 0.3) is 11.8 Å². The number of anilines is 2. The number of benzene rings is 1. The first-order valence-electron chi connectivity index (χ1n) is 9.65. The van der Waals surface area contributed by atoms with Crippen LogP contribution >= 0.6 is 11.5 Å². The van der Waals surface area contributed by atoms with Crippen LogP contribution in [-0.4, -0.2) is 33.7 Å². The molecule has 0 aliphatic heterocycles. The Kier molecular flexibility index (Phi) is 6.87. The Morgan fingerprint density at radius 3 is 2.37 bits per heavy atom. The van der Waals surface area contributed by atoms with Crippen molar-refractivity contribution < 1.29 is 14.4 Å². The van der Waals surface area contributed by atoms with Crippen molar-refractivity contribution in [2.45, 2.75) is 59.5 Å². The van der Waals surface area contributed by atoms with E-state index in [0.717, 1.165) is 22.7 Å². The number of hydrogen-bond donors (Lipinski definition) is 3. The van der Waals surface area contributed by atoms with Gasteiger partial charge in [-0.2, -0.15) is 4.37 Å². The first kappa shape index (κ1) is 23.3. The zero-order valence-corrected chi connectivity index (χ0v) is 19.0. The lowest BCUT2D eigenvalue weighted by Gasteiger charge is -2.34. The van der Waals surface area contributed by atoms with Crippen LogP contribution in [0.3, 0.4) is 0 Å². The van der Waals surface area contributed by atoms with Crippen LogP contribution in [0.15, 0.2) is 18.2 Å². The van der Waals surface area contributed by atoms with E-state index in [-0.39, 0.29) is 22.2 Å². The molecule has 5 N–H and O–H groups in total. The minimum absolute atomic E-state index is 0.0705. The molecule has 1 aromatic carbocycles. The highest BCUT2D eigenvalue weighted by atomic mass is 32.1. The summed E-state index contributed by atoms with van der Waals surface area (Å²) in [6.45, 7) is 11.3. The van der Waals surface area contributed by atoms with Crippen molar-refractivity contribution in [1.29, 1.82) is 0 Å². The Morgan fingerprint density at radius 2 is 1.87 bits per heavy atom. The molecule has 0 saturated carbocycles. The fraction of sp³-hybridized carbons (Fsp3) is 0.429. The largest absolute Gasteiger partial charge is 0.395 e. The quantitative estimate of drug-likeness (QED) is 0.647. The molecule has 0 fully saturated rings. The van der Waals surface area contributed by atoms with Gasteiger partial charge in [0.1, 0.15) is 10.9 Å². The van der Waals surface area contributed by atoms with E-state index in [1.807, 2.05) is 53.7 Å². The Balaban J connectivity index is 2.64. The zero-order chi connectivity index (χ0) is 22.8. The van der Waals surface area contributed by atoms with E-state index < -0.39 is 23.4 Å². The van der Waals surface area contributed by atoms with Crippen LogP contribution in [0.25, 0.3) is 0 Å². The molecule has 0 aliphatic rings. The molecular formula is C21H29N5O3S. The van der Waals surface area contributed by atoms with E-state index in [2.05, 4.69) is 9.69 Å². The Labute approximate surface area is 180 Å². The molecule has 9 heteroatoms. The lowest BCUT2D eigenvalue weighted by molar-refractivity contribution is -0.123. The minimum Gasteiger partial charge on any atom is -0.395 e. The number of hydrogen-bond acceptors (Lipinski definition) is 6. The fourth-order valence-corrected chi connectivity index (χ4v) is 3.83. The summed E-state index contributed by atoms with van der Waals surface area (Å²) in [5, 5.41) is 2.95. The molecule has 30 heavy (non-hydrogen) atoms. The van der Waals surface area contributed by atoms with E-state index in [4.69, 9.17) is 11.5 Å². The van der Waals surface area contributed by atoms with Gasteiger partial charge >= 0.3 is 0 Å². The van der Waals surface area contributed by atoms with Gasteiger partial charge < -0.3 is 16.8 Å². The Morgan fingerprint density at radius 1 is 1.23 bits per heavy atom. The SMILES string of the molecule is CCC(C(=O)NC(C)(C)C)N(C(=O)c1snc(C(N)=O)c1N)c1cccc(C)c1C. The third-order valence-electron chi connectivity index (χ3n) is 4.71. The van der Waals surface area contributed by atoms with E-state index in [1.165, 1.54) is 4.90 Å². The van der Waals surface area contributed by atoms with Gasteiger partial charge in [0.15, 0.2) is 5.69 Å². The van der Waals surface area contributed by atoms with Gasteiger partial charge in [-0.25, -0.2) is 0 Å². The van der Waals surface area contributed by atoms with Gasteiger partial charge in [0.05, 0.1) is 5.69 Å². The van der Waals surface area contributed by atoms with E-state index in [9.17, 15) is 14.4 Å². The summed E-state index contributed by atoms with van der Waals surface area (Å²) >= 11 is 0.800. The number of aromatic nitrogens is 1. The van der Waals surface area contributed by atoms with Crippen LogP contribution in [0.5, 0.6) is 0 Å². The van der Waals surface area contributed by atoms with Gasteiger partial charge in [-0.15, -0.1) is 0 Å². The lowest BCUT2D eigenvalue weighted by atomic mass is 10.0. The number of aryl methyl sites for hydroxylation is 1. The van der Waals surface area contributed by atoms with Gasteiger partial charge in [-0.3, -0.25) is 19.3 Å². The molecule has 0 saturated heterocycles. The van der Waals surface area contributed by atoms with Crippen molar-refractivity contribution in [1.82, 2.24) is 9.69 Å². The monoisotopic (exact) mass is 431 g/mol. The summed E-state index contributed by atoms with van der Waals surface area (Å²) in [6.07, 6.45) is 0.377. The van der Waals surface area contributed by atoms with Crippen LogP contribution in [0.2, 0.25) is 0 Å². The van der Waals surface area contributed by atoms with Crippen LogP contribution in [-0.2, 0) is 4.79 Å². The zero-order valence-electron chi connectivity index (χ0n) is 18.2. The third kappa shape index (κ3) is 4.79. The first-order valence-corrected chi connectivity index (χ1v) is 10.4. The molecule has 1 unspecified atom stereocenters. The molecule has 0 bridgehead atoms. The number of rotatable bonds is 6. The first-order chi connectivity index (χ1) is 13.9. The molecule has 1 atom stereocenters. The maximum absolute atomic E-state index is 13.6. The highest BCUT2D eigenvalue weighted by molar-refractivity contribution is 7.09. The molecule has 2 rings (SSSR count). The summed E-state index contributed by atoms with van der Waals surface area (Å²) in [5.41, 5.74) is 13.1. The molecule has 0 spiro atoms. The molecule has 162 valence electrons. The van der Waals surface area contributed by atoms with Gasteiger partial charge in [-0.1, -0.05) is 19.1 Å². The Hall–Kier alpha value is -2.94. The van der Waals surface area contributed by atoms with Gasteiger partial charge in [0.2, 0.25) is 5.91 Å². The van der Waals surface area contributed by atoms with Crippen molar-refractivity contribution in [3.63, 3.8) is 0 Å². The number of amides is 3. The molecule has 2 aromatic rings. The van der Waals surface area contributed by atoms with Crippen molar-refractivity contribution in [3.05, 3.63) is 39.9 Å². The predicted molar refractivity (Wildman–Crippen MR) is 120 cm³/mol. The molecule has 8 nitrogen and oxygen atoms in total. The second-order valence-corrected chi connectivity index (χ2v) is 8.97. The standard InChI is InChI=1S/C21H29N5O3S/c1-7-13(19(28)24-21(4,5)6)26(14-10-8-9-11(2)12(14)3)20(29)17-15(22)16(18(23)27)25-30-17/h8-10,13H,7,22H2,1-6H3,(H2,23,27)(H,24,28). The molecule has 1 heterocycles. The molecule has 0 aliphatic carbocycles. The molecule has 1 aromatic heterocycles. The second-order valence-electron chi connectivity index (χ2n) is 8.20. The van der Waals surface area contributed by atoms with Gasteiger partial charge in [0, 0.05) is 11.2 Å². The number of primary amides is 1. The normalized spacial score (nSPS) is 12.3. The number of nitrogen functional groups attached to an aromatic ring is 1. The topological polar surface area (TPSA) is 131 Å². The number of nitrogens with zero attached hydrogens (tertiary/aromatic N) is 2. The average Bonchev–Trinajstić information content (AvgIpc) is 3.02. The smallest absolute Gasteiger partial charge is 0.272 e. The summed E-state index contributed by atoms with van der Waals surface area (Å²) in [7, 11) is 0. The van der Waals surface area contributed by atoms with E-state index in [1.54, 1.807) is 6.07 Å².